The number of benzene rings is 3. The number of nitrogens with one attached hydrogen (secondary N) is 1. The van der Waals surface area contributed by atoms with Crippen LogP contribution in [0.3, 0.4) is 0 Å². The first-order chi connectivity index (χ1) is 19.0. The van der Waals surface area contributed by atoms with Gasteiger partial charge in [-0.05, 0) is 34.2 Å². The van der Waals surface area contributed by atoms with Crippen molar-refractivity contribution in [3.8, 4) is 22.5 Å². The van der Waals surface area contributed by atoms with Crippen molar-refractivity contribution in [3.63, 3.8) is 0 Å². The van der Waals surface area contributed by atoms with E-state index in [1.807, 2.05) is 36.4 Å². The Morgan fingerprint density at radius 2 is 1.49 bits per heavy atom. The number of unbranched alkanes of at least 4 members (excludes halogenated alkanes) is 1. The molecule has 0 aliphatic carbocycles. The van der Waals surface area contributed by atoms with Crippen molar-refractivity contribution >= 4 is 25.7 Å². The first-order valence-corrected chi connectivity index (χ1v) is 22.0. The molecule has 0 amide bonds. The van der Waals surface area contributed by atoms with Crippen LogP contribution < -0.4 is 10.4 Å². The van der Waals surface area contributed by atoms with Gasteiger partial charge in [-0.2, -0.15) is 5.21 Å². The third-order valence-corrected chi connectivity index (χ3v) is 5.97. The van der Waals surface area contributed by atoms with Crippen molar-refractivity contribution in [1.29, 1.82) is 0 Å². The van der Waals surface area contributed by atoms with Crippen molar-refractivity contribution in [1.82, 2.24) is 35.4 Å². The van der Waals surface area contributed by atoms with Crippen LogP contribution in [0.15, 0.2) is 78.9 Å². The van der Waals surface area contributed by atoms with Crippen molar-refractivity contribution in [2.45, 2.75) is 54.1 Å². The van der Waals surface area contributed by atoms with Crippen LogP contribution in [-0.4, -0.2) is 50.0 Å². The van der Waals surface area contributed by atoms with Crippen LogP contribution in [0.2, 0.25) is 14.8 Å². The van der Waals surface area contributed by atoms with Gasteiger partial charge < -0.3 is 10.4 Å². The van der Waals surface area contributed by atoms with Crippen LogP contribution in [-0.2, 0) is 19.5 Å². The number of nitrogens with zero attached hydrogens (tertiary/aromatic N) is 7. The molecule has 9 heteroatoms. The zero-order valence-corrected chi connectivity index (χ0v) is 26.0. The Balaban J connectivity index is 0.000000826. The van der Waals surface area contributed by atoms with E-state index in [2.05, 4.69) is 105 Å². The molecule has 5 aromatic rings. The van der Waals surface area contributed by atoms with Crippen LogP contribution in [0.1, 0.15) is 36.7 Å². The molecule has 2 aromatic heterocycles. The van der Waals surface area contributed by atoms with E-state index in [0.29, 0.717) is 18.9 Å². The molecule has 39 heavy (non-hydrogen) atoms. The first-order valence-electron chi connectivity index (χ1n) is 13.4. The summed E-state index contributed by atoms with van der Waals surface area (Å²) in [5.74, 6) is 2.33. The van der Waals surface area contributed by atoms with E-state index in [4.69, 9.17) is 0 Å². The number of aromatic nitrogens is 7. The monoisotopic (exact) mass is 628 g/mol. The Morgan fingerprint density at radius 1 is 0.795 bits per heavy atom. The summed E-state index contributed by atoms with van der Waals surface area (Å²) in [6.07, 6.45) is 3.11. The van der Waals surface area contributed by atoms with Crippen LogP contribution >= 0.6 is 0 Å². The normalized spacial score (nSPS) is 10.6. The molecule has 0 spiro atoms. The van der Waals surface area contributed by atoms with Gasteiger partial charge in [0.1, 0.15) is 5.82 Å². The fraction of sp³-hybridized carbons (Fsp3) is 0.300. The van der Waals surface area contributed by atoms with Crippen molar-refractivity contribution in [2.24, 2.45) is 0 Å². The summed E-state index contributed by atoms with van der Waals surface area (Å²) in [5.41, 5.74) is 5.44. The standard InChI is InChI=1S/C27H27N8.3CH3.Sn/c1-2-3-13-25-29-32-27(28-18-20-9-5-4-6-10-20)35(25)19-21-14-16-22(17-15-21)23-11-7-8-12-24(23)26-30-33-34-31-26;;;;/h4-12,14-17H,2-3,13,18-19H2,1H3,(H-,28,30,31,32,33,34);3*1H3;/q-1;;;;+1. The average Bonchev–Trinajstić information content (AvgIpc) is 3.62. The Labute approximate surface area is 238 Å². The maximum atomic E-state index is 4.49. The number of anilines is 1. The molecular formula is C30H36N8Sn. The number of aryl methyl sites for hydroxylation is 1. The third kappa shape index (κ3) is 8.22. The Kier molecular flexibility index (Phi) is 10.6. The summed E-state index contributed by atoms with van der Waals surface area (Å²) < 4.78 is 2.19. The van der Waals surface area contributed by atoms with E-state index in [9.17, 15) is 0 Å². The second-order valence-corrected chi connectivity index (χ2v) is 18.5. The SMILES string of the molecule is CCCCc1nnc(NCc2ccccc2)n1Cc1ccc(-c2ccccc2-c2nnn[n-]2)cc1.[CH3][Sn+]([CH3])[CH3]. The second kappa shape index (κ2) is 14.6. The Morgan fingerprint density at radius 3 is 2.15 bits per heavy atom. The summed E-state index contributed by atoms with van der Waals surface area (Å²) in [4.78, 5) is 7.09. The summed E-state index contributed by atoms with van der Waals surface area (Å²) in [6, 6.07) is 26.9. The van der Waals surface area contributed by atoms with E-state index in [1.54, 1.807) is 0 Å². The molecule has 2 heterocycles. The molecular weight excluding hydrogens is 591 g/mol. The van der Waals surface area contributed by atoms with Crippen LogP contribution in [0.5, 0.6) is 0 Å². The molecule has 5 rings (SSSR count). The van der Waals surface area contributed by atoms with E-state index < -0.39 is 19.8 Å². The van der Waals surface area contributed by atoms with Gasteiger partial charge in [-0.3, -0.25) is 14.9 Å². The zero-order valence-electron chi connectivity index (χ0n) is 23.2. The van der Waals surface area contributed by atoms with Crippen LogP contribution in [0.25, 0.3) is 22.5 Å². The van der Waals surface area contributed by atoms with Gasteiger partial charge in [0.2, 0.25) is 5.95 Å². The third-order valence-electron chi connectivity index (χ3n) is 5.97. The predicted octanol–water partition coefficient (Wildman–Crippen LogP) is 6.13. The van der Waals surface area contributed by atoms with Gasteiger partial charge in [0, 0.05) is 18.8 Å². The predicted molar refractivity (Wildman–Crippen MR) is 159 cm³/mol. The van der Waals surface area contributed by atoms with Crippen molar-refractivity contribution in [3.05, 3.63) is 95.8 Å². The van der Waals surface area contributed by atoms with E-state index in [1.165, 1.54) is 11.1 Å². The minimum atomic E-state index is -0.543. The fourth-order valence-corrected chi connectivity index (χ4v) is 4.08. The summed E-state index contributed by atoms with van der Waals surface area (Å²) in [5, 5.41) is 27.7. The Hall–Kier alpha value is -3.53. The fourth-order valence-electron chi connectivity index (χ4n) is 4.08. The number of hydrogen-bond acceptors (Lipinski definition) is 6. The quantitative estimate of drug-likeness (QED) is 0.186. The van der Waals surface area contributed by atoms with Gasteiger partial charge in [-0.25, -0.2) is 0 Å². The van der Waals surface area contributed by atoms with E-state index in [-0.39, 0.29) is 0 Å². The molecule has 0 aliphatic heterocycles. The van der Waals surface area contributed by atoms with Gasteiger partial charge in [0.05, 0.1) is 6.54 Å². The minimum absolute atomic E-state index is 0.531. The molecule has 0 aliphatic rings. The number of hydrogen-bond donors (Lipinski definition) is 1. The molecule has 0 fully saturated rings. The van der Waals surface area contributed by atoms with E-state index >= 15 is 0 Å². The molecule has 0 unspecified atom stereocenters. The van der Waals surface area contributed by atoms with Gasteiger partial charge in [-0.1, -0.05) is 92.2 Å². The average molecular weight is 627 g/mol. The molecule has 3 aromatic carbocycles. The molecule has 0 saturated heterocycles. The molecule has 0 saturated carbocycles. The molecule has 8 nitrogen and oxygen atoms in total. The molecule has 0 radical (unpaired) electrons. The molecule has 0 bridgehead atoms. The summed E-state index contributed by atoms with van der Waals surface area (Å²) >= 11 is -0.543. The zero-order chi connectivity index (χ0) is 27.5. The maximum absolute atomic E-state index is 4.49. The van der Waals surface area contributed by atoms with Gasteiger partial charge in [0.25, 0.3) is 0 Å². The Bertz CT molecular complexity index is 1390. The summed E-state index contributed by atoms with van der Waals surface area (Å²) in [7, 11) is 0. The van der Waals surface area contributed by atoms with Gasteiger partial charge in [0.15, 0.2) is 0 Å². The first kappa shape index (κ1) is 28.5. The van der Waals surface area contributed by atoms with Crippen molar-refractivity contribution in [2.75, 3.05) is 5.32 Å². The summed E-state index contributed by atoms with van der Waals surface area (Å²) in [6.45, 7) is 3.60. The van der Waals surface area contributed by atoms with Crippen LogP contribution in [0, 0.1) is 0 Å². The number of rotatable bonds is 10. The molecule has 1 N–H and O–H groups in total. The molecule has 200 valence electrons. The van der Waals surface area contributed by atoms with Gasteiger partial charge >= 0.3 is 34.6 Å². The second-order valence-electron chi connectivity index (χ2n) is 9.91. The van der Waals surface area contributed by atoms with Gasteiger partial charge in [-0.15, -0.1) is 10.2 Å². The molecule has 0 atom stereocenters. The topological polar surface area (TPSA) is 95.5 Å². The van der Waals surface area contributed by atoms with Crippen LogP contribution in [0.4, 0.5) is 5.95 Å². The van der Waals surface area contributed by atoms with Crippen molar-refractivity contribution < 1.29 is 0 Å². The number of tetrazole rings is 1. The van der Waals surface area contributed by atoms with E-state index in [0.717, 1.165) is 47.7 Å².